The summed E-state index contributed by atoms with van der Waals surface area (Å²) in [5, 5.41) is 0. The standard InChI is InChI=1S/C21H31N3O3/c1-22-12-4-3-5-18(22)8-11-20(25)24-14-13-23(21(26)16-24)15-17-6-9-19(27-2)10-7-17/h6-7,9-10,18H,3-5,8,11-16H2,1-2H3/t18-/m0/s1. The molecule has 1 aromatic rings. The molecule has 148 valence electrons. The van der Waals surface area contributed by atoms with Gasteiger partial charge in [-0.3, -0.25) is 9.59 Å². The van der Waals surface area contributed by atoms with Gasteiger partial charge in [0.15, 0.2) is 0 Å². The maximum Gasteiger partial charge on any atom is 0.242 e. The largest absolute Gasteiger partial charge is 0.497 e. The molecule has 2 saturated heterocycles. The van der Waals surface area contributed by atoms with E-state index in [9.17, 15) is 9.59 Å². The Labute approximate surface area is 162 Å². The number of hydrogen-bond acceptors (Lipinski definition) is 4. The van der Waals surface area contributed by atoms with Gasteiger partial charge < -0.3 is 19.4 Å². The molecule has 2 aliphatic heterocycles. The fourth-order valence-corrected chi connectivity index (χ4v) is 4.00. The van der Waals surface area contributed by atoms with Gasteiger partial charge in [0.1, 0.15) is 5.75 Å². The van der Waals surface area contributed by atoms with Crippen molar-refractivity contribution in [3.8, 4) is 5.75 Å². The van der Waals surface area contributed by atoms with Gasteiger partial charge >= 0.3 is 0 Å². The number of amides is 2. The van der Waals surface area contributed by atoms with Gasteiger partial charge in [-0.25, -0.2) is 0 Å². The first-order valence-corrected chi connectivity index (χ1v) is 9.95. The van der Waals surface area contributed by atoms with Crippen molar-refractivity contribution in [1.29, 1.82) is 0 Å². The number of likely N-dealkylation sites (tertiary alicyclic amines) is 1. The first-order chi connectivity index (χ1) is 13.1. The first kappa shape index (κ1) is 19.7. The van der Waals surface area contributed by atoms with Gasteiger partial charge in [-0.2, -0.15) is 0 Å². The molecule has 0 radical (unpaired) electrons. The van der Waals surface area contributed by atoms with Gasteiger partial charge in [0.2, 0.25) is 11.8 Å². The molecule has 2 fully saturated rings. The molecule has 1 aromatic carbocycles. The Bertz CT molecular complexity index is 647. The molecule has 3 rings (SSSR count). The number of piperidine rings is 1. The van der Waals surface area contributed by atoms with Crippen molar-refractivity contribution in [2.75, 3.05) is 40.3 Å². The maximum absolute atomic E-state index is 12.6. The SMILES string of the molecule is COc1ccc(CN2CCN(C(=O)CC[C@@H]3CCCCN3C)CC2=O)cc1. The molecule has 0 bridgehead atoms. The summed E-state index contributed by atoms with van der Waals surface area (Å²) < 4.78 is 5.17. The van der Waals surface area contributed by atoms with Gasteiger partial charge in [-0.05, 0) is 50.6 Å². The van der Waals surface area contributed by atoms with E-state index >= 15 is 0 Å². The highest BCUT2D eigenvalue weighted by atomic mass is 16.5. The zero-order valence-electron chi connectivity index (χ0n) is 16.5. The van der Waals surface area contributed by atoms with Crippen LogP contribution in [-0.2, 0) is 16.1 Å². The minimum absolute atomic E-state index is 0.0280. The van der Waals surface area contributed by atoms with E-state index in [1.165, 1.54) is 19.3 Å². The van der Waals surface area contributed by atoms with Crippen LogP contribution in [0.1, 0.15) is 37.7 Å². The average Bonchev–Trinajstić information content (AvgIpc) is 2.69. The number of carbonyl (C=O) groups is 2. The smallest absolute Gasteiger partial charge is 0.242 e. The summed E-state index contributed by atoms with van der Waals surface area (Å²) in [7, 11) is 3.79. The Morgan fingerprint density at radius 2 is 1.93 bits per heavy atom. The lowest BCUT2D eigenvalue weighted by atomic mass is 9.98. The molecular formula is C21H31N3O3. The Morgan fingerprint density at radius 1 is 1.15 bits per heavy atom. The number of ether oxygens (including phenoxy) is 1. The van der Waals surface area contributed by atoms with E-state index in [0.717, 1.165) is 24.3 Å². The number of hydrogen-bond donors (Lipinski definition) is 0. The van der Waals surface area contributed by atoms with E-state index in [4.69, 9.17) is 4.74 Å². The number of nitrogens with zero attached hydrogens (tertiary/aromatic N) is 3. The molecule has 0 aliphatic carbocycles. The minimum Gasteiger partial charge on any atom is -0.497 e. The fourth-order valence-electron chi connectivity index (χ4n) is 4.00. The summed E-state index contributed by atoms with van der Waals surface area (Å²) in [6.45, 7) is 3.13. The molecule has 0 unspecified atom stereocenters. The normalized spacial score (nSPS) is 21.4. The Kier molecular flexibility index (Phi) is 6.72. The zero-order valence-corrected chi connectivity index (χ0v) is 16.5. The summed E-state index contributed by atoms with van der Waals surface area (Å²) in [6, 6.07) is 8.27. The van der Waals surface area contributed by atoms with Crippen molar-refractivity contribution in [1.82, 2.24) is 14.7 Å². The van der Waals surface area contributed by atoms with Crippen LogP contribution < -0.4 is 4.74 Å². The summed E-state index contributed by atoms with van der Waals surface area (Å²) in [5.41, 5.74) is 1.07. The molecule has 0 aromatic heterocycles. The molecule has 0 N–H and O–H groups in total. The van der Waals surface area contributed by atoms with Gasteiger partial charge in [-0.1, -0.05) is 18.6 Å². The Hall–Kier alpha value is -2.08. The Balaban J connectivity index is 1.45. The first-order valence-electron chi connectivity index (χ1n) is 9.95. The molecule has 6 nitrogen and oxygen atoms in total. The van der Waals surface area contributed by atoms with Crippen molar-refractivity contribution in [2.24, 2.45) is 0 Å². The highest BCUT2D eigenvalue weighted by molar-refractivity contribution is 5.86. The van der Waals surface area contributed by atoms with Crippen LogP contribution in [0.2, 0.25) is 0 Å². The van der Waals surface area contributed by atoms with Crippen LogP contribution in [0.15, 0.2) is 24.3 Å². The summed E-state index contributed by atoms with van der Waals surface area (Å²) in [5.74, 6) is 0.954. The average molecular weight is 373 g/mol. The van der Waals surface area contributed by atoms with Crippen molar-refractivity contribution in [2.45, 2.75) is 44.7 Å². The minimum atomic E-state index is 0.0280. The monoisotopic (exact) mass is 373 g/mol. The van der Waals surface area contributed by atoms with Crippen LogP contribution in [-0.4, -0.2) is 72.9 Å². The quantitative estimate of drug-likeness (QED) is 0.767. The highest BCUT2D eigenvalue weighted by Crippen LogP contribution is 2.20. The maximum atomic E-state index is 12.6. The van der Waals surface area contributed by atoms with Gasteiger partial charge in [0.05, 0.1) is 13.7 Å². The molecule has 6 heteroatoms. The topological polar surface area (TPSA) is 53.1 Å². The molecule has 27 heavy (non-hydrogen) atoms. The van der Waals surface area contributed by atoms with Gasteiger partial charge in [-0.15, -0.1) is 0 Å². The van der Waals surface area contributed by atoms with Gasteiger partial charge in [0, 0.05) is 32.1 Å². The lowest BCUT2D eigenvalue weighted by molar-refractivity contribution is -0.145. The molecular weight excluding hydrogens is 342 g/mol. The highest BCUT2D eigenvalue weighted by Gasteiger charge is 2.28. The molecule has 1 atom stereocenters. The fraction of sp³-hybridized carbons (Fsp3) is 0.619. The lowest BCUT2D eigenvalue weighted by Gasteiger charge is -2.36. The molecule has 2 aliphatic rings. The van der Waals surface area contributed by atoms with Crippen molar-refractivity contribution < 1.29 is 14.3 Å². The molecule has 2 amide bonds. The summed E-state index contributed by atoms with van der Waals surface area (Å²) in [6.07, 6.45) is 5.13. The third-order valence-electron chi connectivity index (χ3n) is 5.82. The molecule has 0 spiro atoms. The van der Waals surface area contributed by atoms with E-state index in [0.29, 0.717) is 32.1 Å². The summed E-state index contributed by atoms with van der Waals surface area (Å²) >= 11 is 0. The van der Waals surface area contributed by atoms with Crippen molar-refractivity contribution in [3.05, 3.63) is 29.8 Å². The van der Waals surface area contributed by atoms with Crippen molar-refractivity contribution >= 4 is 11.8 Å². The number of piperazine rings is 1. The third-order valence-corrected chi connectivity index (χ3v) is 5.82. The zero-order chi connectivity index (χ0) is 19.2. The second kappa shape index (κ2) is 9.22. The van der Waals surface area contributed by atoms with Crippen LogP contribution in [0.5, 0.6) is 5.75 Å². The number of methoxy groups -OCH3 is 1. The second-order valence-corrected chi connectivity index (χ2v) is 7.65. The number of carbonyl (C=O) groups excluding carboxylic acids is 2. The van der Waals surface area contributed by atoms with E-state index in [1.54, 1.807) is 12.0 Å². The Morgan fingerprint density at radius 3 is 2.59 bits per heavy atom. The van der Waals surface area contributed by atoms with E-state index in [1.807, 2.05) is 29.2 Å². The third kappa shape index (κ3) is 5.22. The summed E-state index contributed by atoms with van der Waals surface area (Å²) in [4.78, 5) is 31.0. The van der Waals surface area contributed by atoms with Crippen LogP contribution in [0, 0.1) is 0 Å². The van der Waals surface area contributed by atoms with Crippen LogP contribution >= 0.6 is 0 Å². The van der Waals surface area contributed by atoms with Gasteiger partial charge in [0.25, 0.3) is 0 Å². The predicted molar refractivity (Wildman–Crippen MR) is 104 cm³/mol. The second-order valence-electron chi connectivity index (χ2n) is 7.65. The van der Waals surface area contributed by atoms with Crippen LogP contribution in [0.3, 0.4) is 0 Å². The van der Waals surface area contributed by atoms with E-state index in [-0.39, 0.29) is 18.4 Å². The van der Waals surface area contributed by atoms with Crippen LogP contribution in [0.4, 0.5) is 0 Å². The number of rotatable bonds is 6. The van der Waals surface area contributed by atoms with E-state index < -0.39 is 0 Å². The predicted octanol–water partition coefficient (Wildman–Crippen LogP) is 2.13. The number of benzene rings is 1. The van der Waals surface area contributed by atoms with Crippen LogP contribution in [0.25, 0.3) is 0 Å². The van der Waals surface area contributed by atoms with Crippen molar-refractivity contribution in [3.63, 3.8) is 0 Å². The van der Waals surface area contributed by atoms with E-state index in [2.05, 4.69) is 11.9 Å². The molecule has 0 saturated carbocycles. The lowest BCUT2D eigenvalue weighted by Crippen LogP contribution is -2.52. The molecule has 2 heterocycles.